The van der Waals surface area contributed by atoms with Crippen molar-refractivity contribution in [3.8, 4) is 0 Å². The van der Waals surface area contributed by atoms with E-state index in [1.165, 1.54) is 0 Å². The molecule has 3 N–H and O–H groups in total. The first-order chi connectivity index (χ1) is 6.26. The zero-order valence-corrected chi connectivity index (χ0v) is 7.98. The molecule has 0 unspecified atom stereocenters. The third kappa shape index (κ3) is 3.16. The van der Waals surface area contributed by atoms with Gasteiger partial charge in [0, 0.05) is 25.2 Å². The van der Waals surface area contributed by atoms with Crippen molar-refractivity contribution in [2.75, 3.05) is 6.61 Å². The van der Waals surface area contributed by atoms with Gasteiger partial charge >= 0.3 is 0 Å². The normalized spacial score (nSPS) is 13.2. The fourth-order valence-corrected chi connectivity index (χ4v) is 1.23. The molecule has 0 aromatic carbocycles. The summed E-state index contributed by atoms with van der Waals surface area (Å²) in [6, 6.07) is -0.190. The summed E-state index contributed by atoms with van der Waals surface area (Å²) in [5, 5.41) is 8.75. The molecule has 0 bridgehead atoms. The highest BCUT2D eigenvalue weighted by Gasteiger charge is 2.04. The van der Waals surface area contributed by atoms with Crippen molar-refractivity contribution in [1.82, 2.24) is 9.55 Å². The van der Waals surface area contributed by atoms with E-state index in [1.807, 2.05) is 17.1 Å². The first kappa shape index (κ1) is 10.2. The molecule has 0 fully saturated rings. The molecular weight excluding hydrogens is 166 g/mol. The lowest BCUT2D eigenvalue weighted by molar-refractivity contribution is 0.264. The van der Waals surface area contributed by atoms with Crippen molar-refractivity contribution in [2.45, 2.75) is 32.4 Å². The first-order valence-corrected chi connectivity index (χ1v) is 4.63. The fourth-order valence-electron chi connectivity index (χ4n) is 1.23. The van der Waals surface area contributed by atoms with E-state index in [4.69, 9.17) is 10.8 Å². The third-order valence-corrected chi connectivity index (χ3v) is 1.87. The molecule has 1 aromatic heterocycles. The highest BCUT2D eigenvalue weighted by atomic mass is 16.3. The number of nitrogens with two attached hydrogens (primary N) is 1. The van der Waals surface area contributed by atoms with E-state index >= 15 is 0 Å². The standard InChI is InChI=1S/C9H17N3O/c1-2-3-12-5-9(11-7-12)4-8(10)6-13/h5,7-8,13H,2-4,6,10H2,1H3/t8-/m1/s1. The molecule has 0 radical (unpaired) electrons. The largest absolute Gasteiger partial charge is 0.395 e. The Bertz CT molecular complexity index is 247. The van der Waals surface area contributed by atoms with Crippen LogP contribution in [-0.4, -0.2) is 27.3 Å². The maximum atomic E-state index is 8.75. The molecule has 4 heteroatoms. The minimum Gasteiger partial charge on any atom is -0.395 e. The summed E-state index contributed by atoms with van der Waals surface area (Å²) in [5.41, 5.74) is 6.54. The van der Waals surface area contributed by atoms with Gasteiger partial charge in [-0.15, -0.1) is 0 Å². The second-order valence-corrected chi connectivity index (χ2v) is 3.25. The topological polar surface area (TPSA) is 64.1 Å². The van der Waals surface area contributed by atoms with Crippen LogP contribution in [0.25, 0.3) is 0 Å². The Morgan fingerprint density at radius 3 is 3.08 bits per heavy atom. The third-order valence-electron chi connectivity index (χ3n) is 1.87. The van der Waals surface area contributed by atoms with E-state index in [0.29, 0.717) is 6.42 Å². The highest BCUT2D eigenvalue weighted by Crippen LogP contribution is 2.00. The van der Waals surface area contributed by atoms with Crippen LogP contribution < -0.4 is 5.73 Å². The first-order valence-electron chi connectivity index (χ1n) is 4.63. The molecule has 1 aromatic rings. The lowest BCUT2D eigenvalue weighted by Crippen LogP contribution is -2.26. The summed E-state index contributed by atoms with van der Waals surface area (Å²) in [5.74, 6) is 0. The molecule has 1 rings (SSSR count). The molecule has 0 saturated carbocycles. The predicted molar refractivity (Wildman–Crippen MR) is 51.3 cm³/mol. The highest BCUT2D eigenvalue weighted by molar-refractivity contribution is 4.99. The van der Waals surface area contributed by atoms with Crippen LogP contribution >= 0.6 is 0 Å². The summed E-state index contributed by atoms with van der Waals surface area (Å²) in [6.45, 7) is 3.13. The van der Waals surface area contributed by atoms with Crippen molar-refractivity contribution < 1.29 is 5.11 Å². The van der Waals surface area contributed by atoms with Gasteiger partial charge in [0.25, 0.3) is 0 Å². The number of hydrogen-bond donors (Lipinski definition) is 2. The molecule has 0 amide bonds. The molecule has 0 aliphatic rings. The number of nitrogens with zero attached hydrogens (tertiary/aromatic N) is 2. The monoisotopic (exact) mass is 183 g/mol. The molecular formula is C9H17N3O. The molecule has 0 aliphatic carbocycles. The van der Waals surface area contributed by atoms with Crippen molar-refractivity contribution in [3.63, 3.8) is 0 Å². The molecule has 4 nitrogen and oxygen atoms in total. The van der Waals surface area contributed by atoms with Gasteiger partial charge < -0.3 is 15.4 Å². The zero-order valence-electron chi connectivity index (χ0n) is 7.98. The summed E-state index contributed by atoms with van der Waals surface area (Å²) < 4.78 is 2.04. The zero-order chi connectivity index (χ0) is 9.68. The Morgan fingerprint density at radius 2 is 2.46 bits per heavy atom. The van der Waals surface area contributed by atoms with Gasteiger partial charge in [-0.1, -0.05) is 6.92 Å². The van der Waals surface area contributed by atoms with Gasteiger partial charge in [0.1, 0.15) is 0 Å². The Labute approximate surface area is 78.4 Å². The van der Waals surface area contributed by atoms with Crippen LogP contribution in [0.3, 0.4) is 0 Å². The second kappa shape index (κ2) is 4.99. The number of imidazole rings is 1. The lowest BCUT2D eigenvalue weighted by atomic mass is 10.2. The summed E-state index contributed by atoms with van der Waals surface area (Å²) in [6.07, 6.45) is 5.54. The van der Waals surface area contributed by atoms with Crippen molar-refractivity contribution in [3.05, 3.63) is 18.2 Å². The van der Waals surface area contributed by atoms with Gasteiger partial charge in [0.2, 0.25) is 0 Å². The van der Waals surface area contributed by atoms with Crippen molar-refractivity contribution in [1.29, 1.82) is 0 Å². The molecule has 1 heterocycles. The minimum absolute atomic E-state index is 0.0145. The smallest absolute Gasteiger partial charge is 0.0949 e. The van der Waals surface area contributed by atoms with Crippen LogP contribution in [0.15, 0.2) is 12.5 Å². The average Bonchev–Trinajstić information content (AvgIpc) is 2.53. The van der Waals surface area contributed by atoms with Crippen LogP contribution in [0.5, 0.6) is 0 Å². The quantitative estimate of drug-likeness (QED) is 0.683. The maximum Gasteiger partial charge on any atom is 0.0949 e. The van der Waals surface area contributed by atoms with E-state index < -0.39 is 0 Å². The molecule has 74 valence electrons. The van der Waals surface area contributed by atoms with E-state index in [1.54, 1.807) is 0 Å². The van der Waals surface area contributed by atoms with Crippen LogP contribution in [0.1, 0.15) is 19.0 Å². The van der Waals surface area contributed by atoms with Gasteiger partial charge in [-0.2, -0.15) is 0 Å². The molecule has 0 saturated heterocycles. The van der Waals surface area contributed by atoms with E-state index in [0.717, 1.165) is 18.7 Å². The Morgan fingerprint density at radius 1 is 1.69 bits per heavy atom. The fraction of sp³-hybridized carbons (Fsp3) is 0.667. The van der Waals surface area contributed by atoms with Crippen LogP contribution in [0.2, 0.25) is 0 Å². The number of rotatable bonds is 5. The van der Waals surface area contributed by atoms with Crippen molar-refractivity contribution in [2.24, 2.45) is 5.73 Å². The molecule has 1 atom stereocenters. The van der Waals surface area contributed by atoms with E-state index in [2.05, 4.69) is 11.9 Å². The average molecular weight is 183 g/mol. The minimum atomic E-state index is -0.190. The molecule has 0 spiro atoms. The van der Waals surface area contributed by atoms with Crippen LogP contribution in [-0.2, 0) is 13.0 Å². The number of aliphatic hydroxyl groups excluding tert-OH is 1. The second-order valence-electron chi connectivity index (χ2n) is 3.25. The van der Waals surface area contributed by atoms with E-state index in [-0.39, 0.29) is 12.6 Å². The number of aliphatic hydroxyl groups is 1. The lowest BCUT2D eigenvalue weighted by Gasteiger charge is -2.03. The van der Waals surface area contributed by atoms with E-state index in [9.17, 15) is 0 Å². The predicted octanol–water partition coefficient (Wildman–Crippen LogP) is 0.155. The SMILES string of the molecule is CCCn1cnc(C[C@@H](N)CO)c1. The summed E-state index contributed by atoms with van der Waals surface area (Å²) in [4.78, 5) is 4.19. The summed E-state index contributed by atoms with van der Waals surface area (Å²) in [7, 11) is 0. The van der Waals surface area contributed by atoms with Crippen LogP contribution in [0.4, 0.5) is 0 Å². The van der Waals surface area contributed by atoms with Crippen LogP contribution in [0, 0.1) is 0 Å². The number of aromatic nitrogens is 2. The van der Waals surface area contributed by atoms with Gasteiger partial charge in [-0.25, -0.2) is 4.98 Å². The van der Waals surface area contributed by atoms with Crippen molar-refractivity contribution >= 4 is 0 Å². The summed E-state index contributed by atoms with van der Waals surface area (Å²) >= 11 is 0. The Hall–Kier alpha value is -0.870. The van der Waals surface area contributed by atoms with Gasteiger partial charge in [0.05, 0.1) is 18.6 Å². The Balaban J connectivity index is 2.48. The number of aryl methyl sites for hydroxylation is 1. The van der Waals surface area contributed by atoms with Gasteiger partial charge in [-0.3, -0.25) is 0 Å². The van der Waals surface area contributed by atoms with Gasteiger partial charge in [0.15, 0.2) is 0 Å². The van der Waals surface area contributed by atoms with Gasteiger partial charge in [-0.05, 0) is 6.42 Å². The molecule has 13 heavy (non-hydrogen) atoms. The number of hydrogen-bond acceptors (Lipinski definition) is 3. The maximum absolute atomic E-state index is 8.75. The molecule has 0 aliphatic heterocycles. The Kier molecular flexibility index (Phi) is 3.92.